The summed E-state index contributed by atoms with van der Waals surface area (Å²) in [7, 11) is 0. The molecule has 0 unspecified atom stereocenters. The van der Waals surface area contributed by atoms with Gasteiger partial charge in [0.15, 0.2) is 0 Å². The summed E-state index contributed by atoms with van der Waals surface area (Å²) in [5.74, 6) is 0. The Labute approximate surface area is 104 Å². The molecule has 1 heterocycles. The number of nitrogens with one attached hydrogen (secondary N) is 1. The molecular formula is C15H22N2. The molecule has 0 aliphatic rings. The molecule has 1 aromatic carbocycles. The highest BCUT2D eigenvalue weighted by Gasteiger charge is 2.09. The van der Waals surface area contributed by atoms with E-state index in [0.717, 1.165) is 13.1 Å². The van der Waals surface area contributed by atoms with Crippen LogP contribution in [-0.2, 0) is 6.54 Å². The standard InChI is InChI=1S/C15H22N2/c1-5-16-9-13-10-17(11(2)3)15-8-12(4)6-7-14(13)15/h6-8,10-11,16H,5,9H2,1-4H3. The summed E-state index contributed by atoms with van der Waals surface area (Å²) in [5, 5.41) is 4.79. The van der Waals surface area contributed by atoms with Crippen LogP contribution in [0.5, 0.6) is 0 Å². The number of aryl methyl sites for hydroxylation is 1. The third-order valence-corrected chi connectivity index (χ3v) is 3.19. The van der Waals surface area contributed by atoms with Crippen LogP contribution in [0.3, 0.4) is 0 Å². The van der Waals surface area contributed by atoms with E-state index in [-0.39, 0.29) is 0 Å². The molecule has 0 bridgehead atoms. The minimum absolute atomic E-state index is 0.509. The zero-order chi connectivity index (χ0) is 12.4. The van der Waals surface area contributed by atoms with Crippen LogP contribution in [0.1, 0.15) is 37.9 Å². The lowest BCUT2D eigenvalue weighted by Gasteiger charge is -2.09. The van der Waals surface area contributed by atoms with Crippen molar-refractivity contribution in [2.45, 2.75) is 40.3 Å². The van der Waals surface area contributed by atoms with Crippen LogP contribution in [0, 0.1) is 6.92 Å². The Morgan fingerprint density at radius 2 is 2.06 bits per heavy atom. The molecule has 0 fully saturated rings. The van der Waals surface area contributed by atoms with Crippen molar-refractivity contribution in [3.05, 3.63) is 35.5 Å². The smallest absolute Gasteiger partial charge is 0.0488 e. The molecule has 0 saturated heterocycles. The van der Waals surface area contributed by atoms with Crippen molar-refractivity contribution in [3.63, 3.8) is 0 Å². The average molecular weight is 230 g/mol. The highest BCUT2D eigenvalue weighted by Crippen LogP contribution is 2.25. The lowest BCUT2D eigenvalue weighted by molar-refractivity contribution is 0.618. The highest BCUT2D eigenvalue weighted by molar-refractivity contribution is 5.84. The molecule has 0 amide bonds. The van der Waals surface area contributed by atoms with Crippen molar-refractivity contribution < 1.29 is 0 Å². The van der Waals surface area contributed by atoms with Crippen molar-refractivity contribution in [2.24, 2.45) is 0 Å². The second-order valence-corrected chi connectivity index (χ2v) is 4.96. The van der Waals surface area contributed by atoms with Gasteiger partial charge < -0.3 is 9.88 Å². The summed E-state index contributed by atoms with van der Waals surface area (Å²) in [6, 6.07) is 7.23. The molecule has 2 nitrogen and oxygen atoms in total. The van der Waals surface area contributed by atoms with E-state index in [4.69, 9.17) is 0 Å². The molecule has 92 valence electrons. The summed E-state index contributed by atoms with van der Waals surface area (Å²) in [6.45, 7) is 10.7. The molecule has 0 atom stereocenters. The number of benzene rings is 1. The Bertz CT molecular complexity index is 509. The van der Waals surface area contributed by atoms with Crippen molar-refractivity contribution in [1.29, 1.82) is 0 Å². The van der Waals surface area contributed by atoms with Gasteiger partial charge in [0, 0.05) is 29.7 Å². The van der Waals surface area contributed by atoms with Gasteiger partial charge in [0.25, 0.3) is 0 Å². The Kier molecular flexibility index (Phi) is 3.53. The first kappa shape index (κ1) is 12.2. The molecule has 1 N–H and O–H groups in total. The molecule has 0 aliphatic carbocycles. The first-order valence-electron chi connectivity index (χ1n) is 6.44. The molecule has 17 heavy (non-hydrogen) atoms. The summed E-state index contributed by atoms with van der Waals surface area (Å²) in [4.78, 5) is 0. The van der Waals surface area contributed by atoms with Gasteiger partial charge in [-0.15, -0.1) is 0 Å². The lowest BCUT2D eigenvalue weighted by Crippen LogP contribution is -2.11. The summed E-state index contributed by atoms with van der Waals surface area (Å²) in [5.41, 5.74) is 4.08. The number of hydrogen-bond acceptors (Lipinski definition) is 1. The van der Waals surface area contributed by atoms with E-state index >= 15 is 0 Å². The molecule has 0 aliphatic heterocycles. The molecule has 2 heteroatoms. The van der Waals surface area contributed by atoms with Crippen molar-refractivity contribution >= 4 is 10.9 Å². The van der Waals surface area contributed by atoms with Crippen molar-refractivity contribution in [2.75, 3.05) is 6.54 Å². The molecular weight excluding hydrogens is 208 g/mol. The van der Waals surface area contributed by atoms with Gasteiger partial charge in [-0.25, -0.2) is 0 Å². The number of nitrogens with zero attached hydrogens (tertiary/aromatic N) is 1. The predicted molar refractivity (Wildman–Crippen MR) is 74.4 cm³/mol. The Morgan fingerprint density at radius 1 is 1.29 bits per heavy atom. The first-order chi connectivity index (χ1) is 8.13. The van der Waals surface area contributed by atoms with Gasteiger partial charge in [-0.2, -0.15) is 0 Å². The Morgan fingerprint density at radius 3 is 2.71 bits per heavy atom. The summed E-state index contributed by atoms with van der Waals surface area (Å²) >= 11 is 0. The van der Waals surface area contributed by atoms with Crippen molar-refractivity contribution in [1.82, 2.24) is 9.88 Å². The minimum Gasteiger partial charge on any atom is -0.345 e. The van der Waals surface area contributed by atoms with Crippen LogP contribution in [0.15, 0.2) is 24.4 Å². The first-order valence-corrected chi connectivity index (χ1v) is 6.44. The number of fused-ring (bicyclic) bond motifs is 1. The van der Waals surface area contributed by atoms with Crippen LogP contribution in [-0.4, -0.2) is 11.1 Å². The van der Waals surface area contributed by atoms with Crippen molar-refractivity contribution in [3.8, 4) is 0 Å². The Hall–Kier alpha value is -1.28. The van der Waals surface area contributed by atoms with E-state index < -0.39 is 0 Å². The van der Waals surface area contributed by atoms with Crippen LogP contribution >= 0.6 is 0 Å². The van der Waals surface area contributed by atoms with Crippen LogP contribution in [0.4, 0.5) is 0 Å². The largest absolute Gasteiger partial charge is 0.345 e. The van der Waals surface area contributed by atoms with Crippen LogP contribution in [0.25, 0.3) is 10.9 Å². The fourth-order valence-corrected chi connectivity index (χ4v) is 2.26. The van der Waals surface area contributed by atoms with Crippen LogP contribution < -0.4 is 5.32 Å². The normalized spacial score (nSPS) is 11.6. The van der Waals surface area contributed by atoms with Gasteiger partial charge in [-0.1, -0.05) is 19.1 Å². The second kappa shape index (κ2) is 4.92. The highest BCUT2D eigenvalue weighted by atomic mass is 15.0. The van der Waals surface area contributed by atoms with Gasteiger partial charge in [-0.05, 0) is 44.5 Å². The second-order valence-electron chi connectivity index (χ2n) is 4.96. The van der Waals surface area contributed by atoms with Gasteiger partial charge >= 0.3 is 0 Å². The summed E-state index contributed by atoms with van der Waals surface area (Å²) < 4.78 is 2.37. The van der Waals surface area contributed by atoms with Gasteiger partial charge in [0.05, 0.1) is 0 Å². The molecule has 0 radical (unpaired) electrons. The number of aromatic nitrogens is 1. The Balaban J connectivity index is 2.54. The lowest BCUT2D eigenvalue weighted by atomic mass is 10.1. The van der Waals surface area contributed by atoms with Gasteiger partial charge in [0.1, 0.15) is 0 Å². The molecule has 1 aromatic heterocycles. The molecule has 2 aromatic rings. The summed E-state index contributed by atoms with van der Waals surface area (Å²) in [6.07, 6.45) is 2.29. The average Bonchev–Trinajstić information content (AvgIpc) is 2.64. The molecule has 2 rings (SSSR count). The maximum atomic E-state index is 3.41. The van der Waals surface area contributed by atoms with Gasteiger partial charge in [0.2, 0.25) is 0 Å². The van der Waals surface area contributed by atoms with E-state index in [1.807, 2.05) is 0 Å². The molecule has 0 saturated carbocycles. The van der Waals surface area contributed by atoms with E-state index in [2.05, 4.69) is 62.0 Å². The fourth-order valence-electron chi connectivity index (χ4n) is 2.26. The quantitative estimate of drug-likeness (QED) is 0.848. The number of rotatable bonds is 4. The predicted octanol–water partition coefficient (Wildman–Crippen LogP) is 3.64. The number of hydrogen-bond donors (Lipinski definition) is 1. The third kappa shape index (κ3) is 2.37. The SMILES string of the molecule is CCNCc1cn(C(C)C)c2cc(C)ccc12. The van der Waals surface area contributed by atoms with E-state index in [0.29, 0.717) is 6.04 Å². The molecule has 0 spiro atoms. The maximum Gasteiger partial charge on any atom is 0.0488 e. The zero-order valence-corrected chi connectivity index (χ0v) is 11.2. The maximum absolute atomic E-state index is 3.41. The van der Waals surface area contributed by atoms with E-state index in [9.17, 15) is 0 Å². The van der Waals surface area contributed by atoms with E-state index in [1.54, 1.807) is 0 Å². The van der Waals surface area contributed by atoms with Crippen LogP contribution in [0.2, 0.25) is 0 Å². The monoisotopic (exact) mass is 230 g/mol. The fraction of sp³-hybridized carbons (Fsp3) is 0.467. The van der Waals surface area contributed by atoms with E-state index in [1.165, 1.54) is 22.0 Å². The van der Waals surface area contributed by atoms with Gasteiger partial charge in [-0.3, -0.25) is 0 Å². The zero-order valence-electron chi connectivity index (χ0n) is 11.2. The third-order valence-electron chi connectivity index (χ3n) is 3.19. The topological polar surface area (TPSA) is 17.0 Å². The minimum atomic E-state index is 0.509.